The Bertz CT molecular complexity index is 1320. The van der Waals surface area contributed by atoms with Crippen LogP contribution in [0.3, 0.4) is 0 Å². The van der Waals surface area contributed by atoms with Gasteiger partial charge in [0.1, 0.15) is 11.6 Å². The van der Waals surface area contributed by atoms with Crippen molar-refractivity contribution in [1.82, 2.24) is 5.32 Å². The average molecular weight is 558 g/mol. The van der Waals surface area contributed by atoms with E-state index < -0.39 is 33.5 Å². The maximum absolute atomic E-state index is 13.6. The van der Waals surface area contributed by atoms with Crippen molar-refractivity contribution < 1.29 is 22.7 Å². The fraction of sp³-hybridized carbons (Fsp3) is 0.464. The number of hydrogen-bond donors (Lipinski definition) is 1. The number of benzene rings is 2. The van der Waals surface area contributed by atoms with E-state index in [1.54, 1.807) is 20.8 Å². The summed E-state index contributed by atoms with van der Waals surface area (Å²) in [7, 11) is -3.20. The number of alkyl carbamates (subject to hydrolysis) is 1. The molecule has 2 aliphatic heterocycles. The Morgan fingerprint density at radius 3 is 2.39 bits per heavy atom. The highest BCUT2D eigenvalue weighted by Gasteiger charge is 2.50. The molecule has 0 aliphatic carbocycles. The first-order valence-corrected chi connectivity index (χ1v) is 15.4. The number of fused-ring (bicyclic) bond motifs is 1. The number of ether oxygens (including phenoxy) is 1. The number of amidine groups is 1. The maximum atomic E-state index is 13.6. The molecule has 2 aliphatic rings. The Balaban J connectivity index is 1.69. The molecule has 8 nitrogen and oxygen atoms in total. The van der Waals surface area contributed by atoms with E-state index in [0.717, 1.165) is 16.8 Å². The second-order valence-electron chi connectivity index (χ2n) is 11.0. The molecule has 0 spiro atoms. The lowest BCUT2D eigenvalue weighted by Gasteiger charge is -2.28. The predicted octanol–water partition coefficient (Wildman–Crippen LogP) is 4.55. The molecule has 10 heteroatoms. The number of carbonyl (C=O) groups excluding carboxylic acids is 2. The summed E-state index contributed by atoms with van der Waals surface area (Å²) in [6.45, 7) is 9.42. The third kappa shape index (κ3) is 6.77. The molecule has 0 bridgehead atoms. The van der Waals surface area contributed by atoms with Gasteiger partial charge in [0.25, 0.3) is 5.91 Å². The molecule has 4 rings (SSSR count). The van der Waals surface area contributed by atoms with Crippen LogP contribution in [0, 0.1) is 0 Å². The number of nitrogens with one attached hydrogen (secondary N) is 1. The number of sulfone groups is 1. The third-order valence-electron chi connectivity index (χ3n) is 6.36. The highest BCUT2D eigenvalue weighted by molar-refractivity contribution is 8.16. The molecule has 0 radical (unpaired) electrons. The van der Waals surface area contributed by atoms with Crippen molar-refractivity contribution in [2.75, 3.05) is 16.4 Å². The fourth-order valence-electron chi connectivity index (χ4n) is 4.71. The van der Waals surface area contributed by atoms with Gasteiger partial charge in [-0.25, -0.2) is 13.2 Å². The summed E-state index contributed by atoms with van der Waals surface area (Å²) >= 11 is 1.32. The van der Waals surface area contributed by atoms with Crippen LogP contribution in [0.5, 0.6) is 0 Å². The Kier molecular flexibility index (Phi) is 8.23. The first-order chi connectivity index (χ1) is 17.8. The number of amides is 2. The molecule has 2 aromatic rings. The largest absolute Gasteiger partial charge is 0.444 e. The van der Waals surface area contributed by atoms with E-state index in [0.29, 0.717) is 5.17 Å². The summed E-state index contributed by atoms with van der Waals surface area (Å²) in [5.74, 6) is -0.283. The highest BCUT2D eigenvalue weighted by atomic mass is 32.2. The zero-order valence-electron chi connectivity index (χ0n) is 22.4. The molecule has 0 unspecified atom stereocenters. The minimum atomic E-state index is -3.20. The van der Waals surface area contributed by atoms with Crippen LogP contribution in [0.25, 0.3) is 0 Å². The first-order valence-electron chi connectivity index (χ1n) is 12.7. The standard InChI is InChI=1S/C28H35N3O5S2/c1-18(2)20-13-9-10-14-22(20)31-23-16-38(34,35)17-24(23)37-26(31)30-25(32)21(15-19-11-7-6-8-12-19)29-27(33)36-28(3,4)5/h6-14,18,21,23-24H,15-17H2,1-5H3,(H,29,33)/t21-,23+,24-/m1/s1. The molecular formula is C28H35N3O5S2. The van der Waals surface area contributed by atoms with Crippen LogP contribution in [-0.2, 0) is 25.8 Å². The molecule has 38 heavy (non-hydrogen) atoms. The SMILES string of the molecule is CC(C)c1ccccc1N1C(=NC(=O)[C@@H](Cc2ccccc2)NC(=O)OC(C)(C)C)S[C@@H]2CS(=O)(=O)C[C@@H]21. The summed E-state index contributed by atoms with van der Waals surface area (Å²) < 4.78 is 30.4. The van der Waals surface area contributed by atoms with Gasteiger partial charge in [0, 0.05) is 17.4 Å². The smallest absolute Gasteiger partial charge is 0.408 e. The van der Waals surface area contributed by atoms with Gasteiger partial charge < -0.3 is 15.0 Å². The van der Waals surface area contributed by atoms with Crippen LogP contribution in [-0.4, -0.2) is 60.0 Å². The zero-order valence-corrected chi connectivity index (χ0v) is 24.0. The molecule has 2 heterocycles. The highest BCUT2D eigenvalue weighted by Crippen LogP contribution is 2.43. The molecule has 0 saturated carbocycles. The van der Waals surface area contributed by atoms with Crippen molar-refractivity contribution in [3.8, 4) is 0 Å². The molecule has 0 aromatic heterocycles. The van der Waals surface area contributed by atoms with Gasteiger partial charge in [-0.1, -0.05) is 74.1 Å². The van der Waals surface area contributed by atoms with Gasteiger partial charge in [-0.05, 0) is 43.9 Å². The van der Waals surface area contributed by atoms with Crippen LogP contribution in [0.15, 0.2) is 59.6 Å². The van der Waals surface area contributed by atoms with Gasteiger partial charge in [-0.2, -0.15) is 4.99 Å². The van der Waals surface area contributed by atoms with E-state index >= 15 is 0 Å². The van der Waals surface area contributed by atoms with E-state index in [1.165, 1.54) is 11.8 Å². The molecule has 3 atom stereocenters. The van der Waals surface area contributed by atoms with Crippen LogP contribution >= 0.6 is 11.8 Å². The van der Waals surface area contributed by atoms with Crippen molar-refractivity contribution in [2.45, 2.75) is 69.9 Å². The van der Waals surface area contributed by atoms with Crippen molar-refractivity contribution in [3.05, 3.63) is 65.7 Å². The van der Waals surface area contributed by atoms with Gasteiger partial charge >= 0.3 is 6.09 Å². The van der Waals surface area contributed by atoms with E-state index in [-0.39, 0.29) is 35.1 Å². The molecule has 2 saturated heterocycles. The zero-order chi connectivity index (χ0) is 27.7. The average Bonchev–Trinajstić information content (AvgIpc) is 3.28. The number of anilines is 1. The molecule has 2 amide bonds. The lowest BCUT2D eigenvalue weighted by molar-refractivity contribution is -0.119. The van der Waals surface area contributed by atoms with Crippen LogP contribution in [0.2, 0.25) is 0 Å². The minimum Gasteiger partial charge on any atom is -0.444 e. The second-order valence-corrected chi connectivity index (χ2v) is 14.4. The Hall–Kier alpha value is -2.85. The Morgan fingerprint density at radius 1 is 1.08 bits per heavy atom. The number of aliphatic imine (C=N–C) groups is 1. The minimum absolute atomic E-state index is 0.00785. The van der Waals surface area contributed by atoms with Gasteiger partial charge in [0.2, 0.25) is 0 Å². The van der Waals surface area contributed by atoms with Crippen molar-refractivity contribution >= 4 is 44.5 Å². The number of nitrogens with zero attached hydrogens (tertiary/aromatic N) is 2. The van der Waals surface area contributed by atoms with Gasteiger partial charge in [0.15, 0.2) is 15.0 Å². The maximum Gasteiger partial charge on any atom is 0.408 e. The third-order valence-corrected chi connectivity index (χ3v) is 9.57. The van der Waals surface area contributed by atoms with Gasteiger partial charge in [-0.3, -0.25) is 4.79 Å². The van der Waals surface area contributed by atoms with E-state index in [1.807, 2.05) is 59.5 Å². The molecular weight excluding hydrogens is 522 g/mol. The number of para-hydroxylation sites is 1. The molecule has 2 aromatic carbocycles. The van der Waals surface area contributed by atoms with Crippen molar-refractivity contribution in [1.29, 1.82) is 0 Å². The van der Waals surface area contributed by atoms with Crippen molar-refractivity contribution in [2.24, 2.45) is 4.99 Å². The number of carbonyl (C=O) groups is 2. The fourth-order valence-corrected chi connectivity index (χ4v) is 8.63. The lowest BCUT2D eigenvalue weighted by Crippen LogP contribution is -2.45. The summed E-state index contributed by atoms with van der Waals surface area (Å²) in [6.07, 6.45) is -0.458. The van der Waals surface area contributed by atoms with Gasteiger partial charge in [-0.15, -0.1) is 0 Å². The Morgan fingerprint density at radius 2 is 1.74 bits per heavy atom. The quantitative estimate of drug-likeness (QED) is 0.556. The lowest BCUT2D eigenvalue weighted by atomic mass is 9.99. The number of thioether (sulfide) groups is 1. The molecule has 1 N–H and O–H groups in total. The van der Waals surface area contributed by atoms with Crippen LogP contribution in [0.1, 0.15) is 51.7 Å². The van der Waals surface area contributed by atoms with E-state index in [9.17, 15) is 18.0 Å². The molecule has 204 valence electrons. The monoisotopic (exact) mass is 557 g/mol. The predicted molar refractivity (Wildman–Crippen MR) is 153 cm³/mol. The normalized spacial score (nSPS) is 22.4. The van der Waals surface area contributed by atoms with Crippen LogP contribution in [0.4, 0.5) is 10.5 Å². The summed E-state index contributed by atoms with van der Waals surface area (Å²) in [6, 6.07) is 15.9. The van der Waals surface area contributed by atoms with Crippen LogP contribution < -0.4 is 10.2 Å². The second kappa shape index (κ2) is 11.1. The summed E-state index contributed by atoms with van der Waals surface area (Å²) in [4.78, 5) is 32.7. The molecule has 2 fully saturated rings. The summed E-state index contributed by atoms with van der Waals surface area (Å²) in [5.41, 5.74) is 2.04. The van der Waals surface area contributed by atoms with E-state index in [4.69, 9.17) is 4.74 Å². The first kappa shape index (κ1) is 28.2. The Labute approximate surface area is 229 Å². The topological polar surface area (TPSA) is 105 Å². The van der Waals surface area contributed by atoms with Crippen molar-refractivity contribution in [3.63, 3.8) is 0 Å². The summed E-state index contributed by atoms with van der Waals surface area (Å²) in [5, 5.41) is 2.93. The number of rotatable bonds is 6. The van der Waals surface area contributed by atoms with Gasteiger partial charge in [0.05, 0.1) is 17.5 Å². The van der Waals surface area contributed by atoms with E-state index in [2.05, 4.69) is 24.2 Å². The number of hydrogen-bond acceptors (Lipinski definition) is 6.